The van der Waals surface area contributed by atoms with Gasteiger partial charge in [-0.1, -0.05) is 12.1 Å². The van der Waals surface area contributed by atoms with Gasteiger partial charge >= 0.3 is 0 Å². The van der Waals surface area contributed by atoms with Crippen LogP contribution in [0.5, 0.6) is 5.75 Å². The van der Waals surface area contributed by atoms with Crippen LogP contribution < -0.4 is 4.74 Å². The van der Waals surface area contributed by atoms with Crippen molar-refractivity contribution < 1.29 is 13.2 Å². The van der Waals surface area contributed by atoms with E-state index in [-0.39, 0.29) is 4.90 Å². The van der Waals surface area contributed by atoms with E-state index in [0.29, 0.717) is 0 Å². The van der Waals surface area contributed by atoms with Gasteiger partial charge in [0.05, 0.1) is 29.6 Å². The molecular weight excluding hydrogens is 450 g/mol. The zero-order chi connectivity index (χ0) is 24.3. The molecular formula is C25H35N5O3S. The fraction of sp³-hybridized carbons (Fsp3) is 0.480. The largest absolute Gasteiger partial charge is 0.497 e. The molecule has 0 bridgehead atoms. The normalized spacial score (nSPS) is 15.9. The van der Waals surface area contributed by atoms with Gasteiger partial charge in [-0.2, -0.15) is 0 Å². The Morgan fingerprint density at radius 1 is 1.00 bits per heavy atom. The van der Waals surface area contributed by atoms with Gasteiger partial charge in [-0.05, 0) is 49.2 Å². The quantitative estimate of drug-likeness (QED) is 0.464. The molecule has 0 N–H and O–H groups in total. The molecule has 2 heterocycles. The minimum Gasteiger partial charge on any atom is -0.497 e. The first-order valence-corrected chi connectivity index (χ1v) is 13.2. The maximum atomic E-state index is 12.5. The van der Waals surface area contributed by atoms with Crippen LogP contribution >= 0.6 is 0 Å². The molecule has 9 heteroatoms. The van der Waals surface area contributed by atoms with E-state index >= 15 is 0 Å². The number of hydrogen-bond donors (Lipinski definition) is 0. The number of piperazine rings is 1. The smallest absolute Gasteiger partial charge is 0.242 e. The van der Waals surface area contributed by atoms with Gasteiger partial charge in [0.1, 0.15) is 11.6 Å². The Labute approximate surface area is 202 Å². The maximum Gasteiger partial charge on any atom is 0.242 e. The molecule has 2 aromatic carbocycles. The first-order valence-electron chi connectivity index (χ1n) is 11.8. The van der Waals surface area contributed by atoms with E-state index in [1.54, 1.807) is 33.3 Å². The fourth-order valence-corrected chi connectivity index (χ4v) is 5.38. The molecule has 0 amide bonds. The highest BCUT2D eigenvalue weighted by Gasteiger charge is 2.22. The van der Waals surface area contributed by atoms with Crippen LogP contribution in [0.15, 0.2) is 47.4 Å². The zero-order valence-corrected chi connectivity index (χ0v) is 21.4. The third-order valence-electron chi connectivity index (χ3n) is 6.60. The van der Waals surface area contributed by atoms with E-state index in [1.807, 2.05) is 18.2 Å². The molecule has 0 atom stereocenters. The summed E-state index contributed by atoms with van der Waals surface area (Å²) in [4.78, 5) is 10.1. The highest BCUT2D eigenvalue weighted by atomic mass is 32.2. The molecule has 0 spiro atoms. The number of nitrogens with zero attached hydrogens (tertiary/aromatic N) is 5. The molecule has 0 unspecified atom stereocenters. The molecule has 0 radical (unpaired) electrons. The third kappa shape index (κ3) is 5.27. The fourth-order valence-electron chi connectivity index (χ4n) is 4.45. The predicted molar refractivity (Wildman–Crippen MR) is 135 cm³/mol. The number of rotatable bonds is 9. The lowest BCUT2D eigenvalue weighted by Gasteiger charge is -2.34. The first-order chi connectivity index (χ1) is 16.3. The predicted octanol–water partition coefficient (Wildman–Crippen LogP) is 2.68. The van der Waals surface area contributed by atoms with E-state index in [0.717, 1.165) is 74.8 Å². The summed E-state index contributed by atoms with van der Waals surface area (Å²) in [6.45, 7) is 8.79. The second-order valence-corrected chi connectivity index (χ2v) is 11.1. The molecule has 34 heavy (non-hydrogen) atoms. The van der Waals surface area contributed by atoms with Crippen molar-refractivity contribution in [2.75, 3.05) is 53.9 Å². The number of methoxy groups -OCH3 is 1. The number of fused-ring (bicyclic) bond motifs is 1. The Morgan fingerprint density at radius 3 is 2.29 bits per heavy atom. The van der Waals surface area contributed by atoms with Gasteiger partial charge in [-0.15, -0.1) is 0 Å². The van der Waals surface area contributed by atoms with Gasteiger partial charge in [0, 0.05) is 53.4 Å². The lowest BCUT2D eigenvalue weighted by atomic mass is 10.1. The van der Waals surface area contributed by atoms with Crippen molar-refractivity contribution in [3.05, 3.63) is 53.9 Å². The number of sulfonamides is 1. The summed E-state index contributed by atoms with van der Waals surface area (Å²) in [5.41, 5.74) is 3.04. The summed E-state index contributed by atoms with van der Waals surface area (Å²) < 4.78 is 33.7. The first kappa shape index (κ1) is 24.7. The van der Waals surface area contributed by atoms with Crippen LogP contribution in [0.1, 0.15) is 18.3 Å². The Kier molecular flexibility index (Phi) is 7.57. The Balaban J connectivity index is 1.38. The molecule has 1 saturated heterocycles. The number of aromatic nitrogens is 2. The van der Waals surface area contributed by atoms with Crippen molar-refractivity contribution in [2.24, 2.45) is 0 Å². The summed E-state index contributed by atoms with van der Waals surface area (Å²) in [6.07, 6.45) is 1.04. The molecule has 0 aliphatic carbocycles. The van der Waals surface area contributed by atoms with Gasteiger partial charge in [0.25, 0.3) is 0 Å². The van der Waals surface area contributed by atoms with E-state index in [2.05, 4.69) is 33.4 Å². The molecule has 0 saturated carbocycles. The Bertz CT molecular complexity index is 1210. The minimum absolute atomic E-state index is 0.280. The summed E-state index contributed by atoms with van der Waals surface area (Å²) in [5.74, 6) is 1.88. The summed E-state index contributed by atoms with van der Waals surface area (Å²) in [7, 11) is 1.31. The minimum atomic E-state index is -3.48. The topological polar surface area (TPSA) is 70.9 Å². The lowest BCUT2D eigenvalue weighted by Crippen LogP contribution is -2.46. The summed E-state index contributed by atoms with van der Waals surface area (Å²) >= 11 is 0. The third-order valence-corrected chi connectivity index (χ3v) is 8.41. The molecule has 1 aliphatic rings. The second kappa shape index (κ2) is 10.4. The average Bonchev–Trinajstić information content (AvgIpc) is 3.19. The van der Waals surface area contributed by atoms with Gasteiger partial charge in [0.2, 0.25) is 10.0 Å². The van der Waals surface area contributed by atoms with Crippen LogP contribution in [0.2, 0.25) is 0 Å². The number of aryl methyl sites for hydroxylation is 1. The van der Waals surface area contributed by atoms with Crippen molar-refractivity contribution in [3.8, 4) is 5.75 Å². The SMILES string of the molecule is CCn1c(CN2CCN(CCc3ccc(OC)cc3)CC2)nc2cc(S(=O)(=O)N(C)C)ccc21. The standard InChI is InChI=1S/C25H35N5O3S/c1-5-30-24-11-10-22(34(31,32)27(2)3)18-23(24)26-25(30)19-29-16-14-28(15-17-29)13-12-20-6-8-21(33-4)9-7-20/h6-11,18H,5,12-17,19H2,1-4H3. The maximum absolute atomic E-state index is 12.5. The number of imidazole rings is 1. The molecule has 4 rings (SSSR count). The molecule has 184 valence electrons. The van der Waals surface area contributed by atoms with Crippen molar-refractivity contribution in [3.63, 3.8) is 0 Å². The second-order valence-electron chi connectivity index (χ2n) is 8.93. The van der Waals surface area contributed by atoms with E-state index < -0.39 is 10.0 Å². The number of benzene rings is 2. The molecule has 1 fully saturated rings. The van der Waals surface area contributed by atoms with Crippen LogP contribution in [0.3, 0.4) is 0 Å². The average molecular weight is 486 g/mol. The zero-order valence-electron chi connectivity index (χ0n) is 20.6. The van der Waals surface area contributed by atoms with Gasteiger partial charge in [-0.3, -0.25) is 4.90 Å². The molecule has 3 aromatic rings. The lowest BCUT2D eigenvalue weighted by molar-refractivity contribution is 0.125. The van der Waals surface area contributed by atoms with Gasteiger partial charge in [-0.25, -0.2) is 17.7 Å². The van der Waals surface area contributed by atoms with Crippen molar-refractivity contribution in [1.82, 2.24) is 23.7 Å². The van der Waals surface area contributed by atoms with E-state index in [1.165, 1.54) is 9.87 Å². The molecule has 1 aliphatic heterocycles. The van der Waals surface area contributed by atoms with E-state index in [4.69, 9.17) is 9.72 Å². The summed E-state index contributed by atoms with van der Waals surface area (Å²) in [6, 6.07) is 13.6. The monoisotopic (exact) mass is 485 g/mol. The molecule has 8 nitrogen and oxygen atoms in total. The highest BCUT2D eigenvalue weighted by molar-refractivity contribution is 7.89. The van der Waals surface area contributed by atoms with Crippen molar-refractivity contribution in [2.45, 2.75) is 31.3 Å². The number of hydrogen-bond acceptors (Lipinski definition) is 6. The van der Waals surface area contributed by atoms with E-state index in [9.17, 15) is 8.42 Å². The highest BCUT2D eigenvalue weighted by Crippen LogP contribution is 2.23. The van der Waals surface area contributed by atoms with Gasteiger partial charge < -0.3 is 14.2 Å². The van der Waals surface area contributed by atoms with Crippen molar-refractivity contribution in [1.29, 1.82) is 0 Å². The Hall–Kier alpha value is -2.46. The van der Waals surface area contributed by atoms with Crippen LogP contribution in [0.25, 0.3) is 11.0 Å². The van der Waals surface area contributed by atoms with Crippen LogP contribution in [0.4, 0.5) is 0 Å². The molecule has 1 aromatic heterocycles. The Morgan fingerprint density at radius 2 is 1.68 bits per heavy atom. The van der Waals surface area contributed by atoms with Crippen LogP contribution in [0, 0.1) is 0 Å². The number of ether oxygens (including phenoxy) is 1. The van der Waals surface area contributed by atoms with Gasteiger partial charge in [0.15, 0.2) is 0 Å². The van der Waals surface area contributed by atoms with Crippen LogP contribution in [-0.2, 0) is 29.5 Å². The van der Waals surface area contributed by atoms with Crippen molar-refractivity contribution >= 4 is 21.1 Å². The van der Waals surface area contributed by atoms with Crippen LogP contribution in [-0.4, -0.2) is 86.0 Å². The summed E-state index contributed by atoms with van der Waals surface area (Å²) in [5, 5.41) is 0.